The maximum Gasteiger partial charge on any atom is 0.125 e. The number of ether oxygens (including phenoxy) is 1. The van der Waals surface area contributed by atoms with E-state index >= 15 is 0 Å². The topological polar surface area (TPSA) is 21.3 Å². The van der Waals surface area contributed by atoms with Crippen LogP contribution in [0.25, 0.3) is 0 Å². The van der Waals surface area contributed by atoms with Crippen molar-refractivity contribution in [3.63, 3.8) is 0 Å². The minimum atomic E-state index is 0.554. The number of benzene rings is 2. The Bertz CT molecular complexity index is 572. The molecule has 2 aromatic carbocycles. The van der Waals surface area contributed by atoms with E-state index in [0.717, 1.165) is 41.4 Å². The van der Waals surface area contributed by atoms with Crippen molar-refractivity contribution in [1.29, 1.82) is 0 Å². The predicted octanol–water partition coefficient (Wildman–Crippen LogP) is 5.02. The zero-order valence-corrected chi connectivity index (χ0v) is 14.9. The van der Waals surface area contributed by atoms with Crippen LogP contribution in [0.15, 0.2) is 42.5 Å². The molecule has 21 heavy (non-hydrogen) atoms. The van der Waals surface area contributed by atoms with Gasteiger partial charge in [-0.2, -0.15) is 0 Å². The molecule has 0 heterocycles. The molecule has 0 aliphatic rings. The van der Waals surface area contributed by atoms with Gasteiger partial charge < -0.3 is 10.1 Å². The van der Waals surface area contributed by atoms with E-state index in [4.69, 9.17) is 16.3 Å². The van der Waals surface area contributed by atoms with Crippen molar-refractivity contribution in [2.45, 2.75) is 26.5 Å². The number of hydrogen-bond donors (Lipinski definition) is 1. The van der Waals surface area contributed by atoms with Crippen molar-refractivity contribution in [3.8, 4) is 5.75 Å². The fraction of sp³-hybridized carbons (Fsp3) is 0.294. The summed E-state index contributed by atoms with van der Waals surface area (Å²) in [5.74, 6) is 0.852. The largest absolute Gasteiger partial charge is 0.489 e. The first kappa shape index (κ1) is 16.6. The van der Waals surface area contributed by atoms with Gasteiger partial charge >= 0.3 is 0 Å². The molecular formula is C17H19ClINO. The van der Waals surface area contributed by atoms with Gasteiger partial charge in [0.1, 0.15) is 12.4 Å². The Kier molecular flexibility index (Phi) is 6.80. The summed E-state index contributed by atoms with van der Waals surface area (Å²) in [5, 5.41) is 4.12. The summed E-state index contributed by atoms with van der Waals surface area (Å²) in [6.07, 6.45) is 1.10. The monoisotopic (exact) mass is 415 g/mol. The molecule has 2 aromatic rings. The van der Waals surface area contributed by atoms with Crippen LogP contribution < -0.4 is 10.1 Å². The zero-order chi connectivity index (χ0) is 15.1. The Morgan fingerprint density at radius 3 is 2.62 bits per heavy atom. The molecule has 0 bridgehead atoms. The van der Waals surface area contributed by atoms with Gasteiger partial charge in [0, 0.05) is 20.7 Å². The van der Waals surface area contributed by atoms with Crippen LogP contribution in [0.2, 0.25) is 5.02 Å². The zero-order valence-electron chi connectivity index (χ0n) is 12.0. The highest BCUT2D eigenvalue weighted by Gasteiger charge is 2.08. The maximum absolute atomic E-state index is 6.29. The fourth-order valence-electron chi connectivity index (χ4n) is 1.98. The van der Waals surface area contributed by atoms with E-state index in [-0.39, 0.29) is 0 Å². The van der Waals surface area contributed by atoms with E-state index in [9.17, 15) is 0 Å². The van der Waals surface area contributed by atoms with Crippen LogP contribution in [0.1, 0.15) is 24.5 Å². The predicted molar refractivity (Wildman–Crippen MR) is 96.9 cm³/mol. The summed E-state index contributed by atoms with van der Waals surface area (Å²) in [6.45, 7) is 4.41. The normalized spacial score (nSPS) is 10.6. The molecule has 0 amide bonds. The molecular weight excluding hydrogens is 397 g/mol. The van der Waals surface area contributed by atoms with Crippen molar-refractivity contribution < 1.29 is 4.74 Å². The smallest absolute Gasteiger partial charge is 0.125 e. The van der Waals surface area contributed by atoms with E-state index in [1.807, 2.05) is 18.2 Å². The van der Waals surface area contributed by atoms with E-state index in [1.54, 1.807) is 0 Å². The van der Waals surface area contributed by atoms with E-state index in [2.05, 4.69) is 59.1 Å². The molecule has 0 unspecified atom stereocenters. The second-order valence-corrected chi connectivity index (χ2v) is 6.46. The molecule has 0 radical (unpaired) electrons. The second kappa shape index (κ2) is 8.61. The van der Waals surface area contributed by atoms with Gasteiger partial charge in [-0.25, -0.2) is 0 Å². The standard InChI is InChI=1S/C17H19ClINO/c1-2-10-20-11-15-16(18)4-3-5-17(15)21-12-13-6-8-14(19)9-7-13/h3-9,20H,2,10-12H2,1H3. The lowest BCUT2D eigenvalue weighted by atomic mass is 10.2. The van der Waals surface area contributed by atoms with Gasteiger partial charge in [0.15, 0.2) is 0 Å². The highest BCUT2D eigenvalue weighted by molar-refractivity contribution is 14.1. The van der Waals surface area contributed by atoms with Crippen LogP contribution in [0.3, 0.4) is 0 Å². The van der Waals surface area contributed by atoms with Crippen molar-refractivity contribution in [2.75, 3.05) is 6.54 Å². The molecule has 0 saturated carbocycles. The van der Waals surface area contributed by atoms with Crippen molar-refractivity contribution >= 4 is 34.2 Å². The summed E-state index contributed by atoms with van der Waals surface area (Å²) in [7, 11) is 0. The molecule has 1 N–H and O–H groups in total. The molecule has 112 valence electrons. The molecule has 0 atom stereocenters. The van der Waals surface area contributed by atoms with Crippen LogP contribution in [-0.4, -0.2) is 6.54 Å². The Morgan fingerprint density at radius 1 is 1.14 bits per heavy atom. The lowest BCUT2D eigenvalue weighted by Gasteiger charge is -2.13. The molecule has 0 aliphatic carbocycles. The van der Waals surface area contributed by atoms with Crippen molar-refractivity contribution in [1.82, 2.24) is 5.32 Å². The maximum atomic E-state index is 6.29. The van der Waals surface area contributed by atoms with Crippen LogP contribution in [0, 0.1) is 3.57 Å². The number of halogens is 2. The van der Waals surface area contributed by atoms with Gasteiger partial charge in [0.25, 0.3) is 0 Å². The number of nitrogens with one attached hydrogen (secondary N) is 1. The first-order chi connectivity index (χ1) is 10.2. The minimum Gasteiger partial charge on any atom is -0.489 e. The van der Waals surface area contributed by atoms with Gasteiger partial charge in [0.2, 0.25) is 0 Å². The summed E-state index contributed by atoms with van der Waals surface area (Å²) in [5.41, 5.74) is 2.18. The quantitative estimate of drug-likeness (QED) is 0.506. The molecule has 0 saturated heterocycles. The third-order valence-electron chi connectivity index (χ3n) is 3.11. The second-order valence-electron chi connectivity index (χ2n) is 4.81. The van der Waals surface area contributed by atoms with E-state index in [1.165, 1.54) is 3.57 Å². The van der Waals surface area contributed by atoms with Crippen LogP contribution in [0.5, 0.6) is 5.75 Å². The Labute approximate surface area is 145 Å². The van der Waals surface area contributed by atoms with Crippen molar-refractivity contribution in [2.24, 2.45) is 0 Å². The highest BCUT2D eigenvalue weighted by Crippen LogP contribution is 2.27. The SMILES string of the molecule is CCCNCc1c(Cl)cccc1OCc1ccc(I)cc1. The van der Waals surface area contributed by atoms with Crippen LogP contribution >= 0.6 is 34.2 Å². The third-order valence-corrected chi connectivity index (χ3v) is 4.19. The molecule has 0 spiro atoms. The molecule has 0 aliphatic heterocycles. The van der Waals surface area contributed by atoms with Gasteiger partial charge in [-0.1, -0.05) is 36.7 Å². The number of hydrogen-bond acceptors (Lipinski definition) is 2. The summed E-state index contributed by atoms with van der Waals surface area (Å²) in [6, 6.07) is 14.1. The highest BCUT2D eigenvalue weighted by atomic mass is 127. The van der Waals surface area contributed by atoms with Gasteiger partial charge in [-0.15, -0.1) is 0 Å². The Balaban J connectivity index is 2.04. The van der Waals surface area contributed by atoms with E-state index in [0.29, 0.717) is 6.61 Å². The molecule has 2 nitrogen and oxygen atoms in total. The summed E-state index contributed by atoms with van der Waals surface area (Å²) in [4.78, 5) is 0. The third kappa shape index (κ3) is 5.16. The lowest BCUT2D eigenvalue weighted by Crippen LogP contribution is -2.15. The Morgan fingerprint density at radius 2 is 1.90 bits per heavy atom. The van der Waals surface area contributed by atoms with Gasteiger partial charge in [0.05, 0.1) is 0 Å². The summed E-state index contributed by atoms with van der Waals surface area (Å²) < 4.78 is 7.17. The van der Waals surface area contributed by atoms with Crippen molar-refractivity contribution in [3.05, 3.63) is 62.2 Å². The lowest BCUT2D eigenvalue weighted by molar-refractivity contribution is 0.302. The van der Waals surface area contributed by atoms with Crippen LogP contribution in [-0.2, 0) is 13.2 Å². The van der Waals surface area contributed by atoms with Crippen LogP contribution in [0.4, 0.5) is 0 Å². The molecule has 0 fully saturated rings. The minimum absolute atomic E-state index is 0.554. The first-order valence-corrected chi connectivity index (χ1v) is 8.51. The first-order valence-electron chi connectivity index (χ1n) is 7.06. The average Bonchev–Trinajstić information content (AvgIpc) is 2.49. The van der Waals surface area contributed by atoms with Gasteiger partial charge in [-0.05, 0) is 65.4 Å². The van der Waals surface area contributed by atoms with Gasteiger partial charge in [-0.3, -0.25) is 0 Å². The number of rotatable bonds is 7. The fourth-order valence-corrected chi connectivity index (χ4v) is 2.57. The Hall–Kier alpha value is -0.780. The average molecular weight is 416 g/mol. The molecule has 0 aromatic heterocycles. The van der Waals surface area contributed by atoms with E-state index < -0.39 is 0 Å². The summed E-state index contributed by atoms with van der Waals surface area (Å²) >= 11 is 8.59. The molecule has 2 rings (SSSR count). The molecule has 4 heteroatoms.